The van der Waals surface area contributed by atoms with Crippen LogP contribution in [-0.4, -0.2) is 55.6 Å². The molecule has 0 radical (unpaired) electrons. The van der Waals surface area contributed by atoms with Crippen LogP contribution in [-0.2, 0) is 36.9 Å². The minimum absolute atomic E-state index is 0.248. The molecule has 6 nitrogen and oxygen atoms in total. The SMILES string of the molecule is CCCO[C@@H]1[C@@H](O)[C@H](OCC)O[C@@H]1[C@@H](COCc1ccc(Cl)cc1)OCc1ccc(Cl)cc1. The molecule has 1 aliphatic rings. The topological polar surface area (TPSA) is 66.4 Å². The van der Waals surface area contributed by atoms with Gasteiger partial charge in [-0.25, -0.2) is 0 Å². The lowest BCUT2D eigenvalue weighted by atomic mass is 10.1. The molecule has 1 N–H and O–H groups in total. The molecule has 182 valence electrons. The van der Waals surface area contributed by atoms with E-state index >= 15 is 0 Å². The fourth-order valence-electron chi connectivity index (χ4n) is 3.61. The molecule has 33 heavy (non-hydrogen) atoms. The fourth-order valence-corrected chi connectivity index (χ4v) is 3.86. The highest BCUT2D eigenvalue weighted by Gasteiger charge is 2.49. The summed E-state index contributed by atoms with van der Waals surface area (Å²) in [5.41, 5.74) is 1.96. The highest BCUT2D eigenvalue weighted by Crippen LogP contribution is 2.29. The molecule has 5 atom stereocenters. The lowest BCUT2D eigenvalue weighted by Gasteiger charge is -2.28. The molecule has 1 aliphatic heterocycles. The third-order valence-electron chi connectivity index (χ3n) is 5.28. The van der Waals surface area contributed by atoms with Crippen LogP contribution in [0.2, 0.25) is 10.0 Å². The Morgan fingerprint density at radius 3 is 2.09 bits per heavy atom. The van der Waals surface area contributed by atoms with Crippen LogP contribution >= 0.6 is 23.2 Å². The number of halogens is 2. The number of hydrogen-bond donors (Lipinski definition) is 1. The minimum Gasteiger partial charge on any atom is -0.385 e. The van der Waals surface area contributed by atoms with E-state index in [1.165, 1.54) is 0 Å². The molecule has 0 saturated carbocycles. The van der Waals surface area contributed by atoms with E-state index in [4.69, 9.17) is 46.9 Å². The van der Waals surface area contributed by atoms with Gasteiger partial charge >= 0.3 is 0 Å². The van der Waals surface area contributed by atoms with Crippen LogP contribution in [0.4, 0.5) is 0 Å². The number of rotatable bonds is 13. The molecule has 0 aliphatic carbocycles. The maximum Gasteiger partial charge on any atom is 0.186 e. The molecule has 0 bridgehead atoms. The smallest absolute Gasteiger partial charge is 0.186 e. The van der Waals surface area contributed by atoms with Gasteiger partial charge in [-0.3, -0.25) is 0 Å². The van der Waals surface area contributed by atoms with Gasteiger partial charge in [-0.1, -0.05) is 54.4 Å². The number of benzene rings is 2. The first kappa shape index (κ1) is 26.4. The van der Waals surface area contributed by atoms with Crippen molar-refractivity contribution in [3.05, 3.63) is 69.7 Å². The average Bonchev–Trinajstić information content (AvgIpc) is 3.12. The zero-order chi connectivity index (χ0) is 23.6. The fraction of sp³-hybridized carbons (Fsp3) is 0.520. The largest absolute Gasteiger partial charge is 0.385 e. The molecular weight excluding hydrogens is 467 g/mol. The minimum atomic E-state index is -0.917. The quantitative estimate of drug-likeness (QED) is 0.418. The van der Waals surface area contributed by atoms with Crippen LogP contribution in [0.15, 0.2) is 48.5 Å². The monoisotopic (exact) mass is 498 g/mol. The van der Waals surface area contributed by atoms with Crippen LogP contribution in [0, 0.1) is 0 Å². The van der Waals surface area contributed by atoms with Gasteiger partial charge in [0.1, 0.15) is 24.4 Å². The first-order valence-electron chi connectivity index (χ1n) is 11.3. The van der Waals surface area contributed by atoms with Gasteiger partial charge in [-0.2, -0.15) is 0 Å². The summed E-state index contributed by atoms with van der Waals surface area (Å²) >= 11 is 12.0. The van der Waals surface area contributed by atoms with Crippen LogP contribution in [0.25, 0.3) is 0 Å². The Morgan fingerprint density at radius 1 is 0.909 bits per heavy atom. The van der Waals surface area contributed by atoms with Crippen LogP contribution in [0.3, 0.4) is 0 Å². The van der Waals surface area contributed by atoms with E-state index in [1.807, 2.05) is 62.4 Å². The molecule has 1 heterocycles. The maximum absolute atomic E-state index is 10.8. The molecule has 3 rings (SSSR count). The molecule has 2 aromatic carbocycles. The van der Waals surface area contributed by atoms with Gasteiger partial charge in [-0.15, -0.1) is 0 Å². The van der Waals surface area contributed by atoms with Gasteiger partial charge < -0.3 is 28.8 Å². The lowest BCUT2D eigenvalue weighted by molar-refractivity contribution is -0.189. The number of hydrogen-bond acceptors (Lipinski definition) is 6. The summed E-state index contributed by atoms with van der Waals surface area (Å²) in [6, 6.07) is 14.9. The summed E-state index contributed by atoms with van der Waals surface area (Å²) in [6.45, 7) is 5.76. The molecule has 0 aromatic heterocycles. The third kappa shape index (κ3) is 7.91. The Morgan fingerprint density at radius 2 is 1.52 bits per heavy atom. The van der Waals surface area contributed by atoms with Crippen molar-refractivity contribution in [3.63, 3.8) is 0 Å². The molecule has 0 spiro atoms. The number of aliphatic hydroxyl groups excluding tert-OH is 1. The summed E-state index contributed by atoms with van der Waals surface area (Å²) in [5.74, 6) is 0. The lowest BCUT2D eigenvalue weighted by Crippen LogP contribution is -2.44. The zero-order valence-electron chi connectivity index (χ0n) is 19.0. The van der Waals surface area contributed by atoms with Crippen molar-refractivity contribution in [2.75, 3.05) is 19.8 Å². The maximum atomic E-state index is 10.8. The normalized spacial score (nSPS) is 23.7. The molecule has 2 aromatic rings. The van der Waals surface area contributed by atoms with Gasteiger partial charge in [0.15, 0.2) is 6.29 Å². The molecule has 1 saturated heterocycles. The molecule has 0 unspecified atom stereocenters. The van der Waals surface area contributed by atoms with Crippen LogP contribution in [0.5, 0.6) is 0 Å². The first-order valence-corrected chi connectivity index (χ1v) is 12.0. The Kier molecular flexibility index (Phi) is 10.9. The molecule has 8 heteroatoms. The first-order chi connectivity index (χ1) is 16.0. The van der Waals surface area contributed by atoms with Gasteiger partial charge in [0.25, 0.3) is 0 Å². The third-order valence-corrected chi connectivity index (χ3v) is 5.79. The van der Waals surface area contributed by atoms with Crippen molar-refractivity contribution in [1.82, 2.24) is 0 Å². The van der Waals surface area contributed by atoms with E-state index in [0.717, 1.165) is 17.5 Å². The molecular formula is C25H32Cl2O6. The van der Waals surface area contributed by atoms with E-state index in [9.17, 15) is 5.11 Å². The Hall–Kier alpha value is -1.22. The highest BCUT2D eigenvalue weighted by atomic mass is 35.5. The molecule has 0 amide bonds. The number of aliphatic hydroxyl groups is 1. The van der Waals surface area contributed by atoms with E-state index in [-0.39, 0.29) is 6.61 Å². The van der Waals surface area contributed by atoms with Crippen molar-refractivity contribution in [2.24, 2.45) is 0 Å². The summed E-state index contributed by atoms with van der Waals surface area (Å²) in [6.07, 6.45) is -2.51. The second kappa shape index (κ2) is 13.6. The summed E-state index contributed by atoms with van der Waals surface area (Å²) < 4.78 is 29.8. The summed E-state index contributed by atoms with van der Waals surface area (Å²) in [5, 5.41) is 12.1. The van der Waals surface area contributed by atoms with Crippen LogP contribution in [0.1, 0.15) is 31.4 Å². The van der Waals surface area contributed by atoms with E-state index < -0.39 is 30.7 Å². The van der Waals surface area contributed by atoms with Gasteiger partial charge in [0.2, 0.25) is 0 Å². The van der Waals surface area contributed by atoms with Gasteiger partial charge in [0, 0.05) is 23.3 Å². The Balaban J connectivity index is 1.71. The number of ether oxygens (including phenoxy) is 5. The Bertz CT molecular complexity index is 817. The summed E-state index contributed by atoms with van der Waals surface area (Å²) in [7, 11) is 0. The Labute approximate surface area is 205 Å². The standard InChI is InChI=1S/C25H32Cl2O6/c1-3-13-31-24-22(28)25(30-4-2)33-23(24)21(32-15-18-7-11-20(27)12-8-18)16-29-14-17-5-9-19(26)10-6-17/h5-12,21-25,28H,3-4,13-16H2,1-2H3/t21-,22-,23-,24-,25-/m1/s1. The zero-order valence-corrected chi connectivity index (χ0v) is 20.5. The second-order valence-corrected chi connectivity index (χ2v) is 8.74. The van der Waals surface area contributed by atoms with Crippen LogP contribution < -0.4 is 0 Å². The predicted molar refractivity (Wildman–Crippen MR) is 127 cm³/mol. The predicted octanol–water partition coefficient (Wildman–Crippen LogP) is 5.01. The average molecular weight is 499 g/mol. The second-order valence-electron chi connectivity index (χ2n) is 7.87. The van der Waals surface area contributed by atoms with Gasteiger partial charge in [0.05, 0.1) is 19.8 Å². The van der Waals surface area contributed by atoms with Crippen molar-refractivity contribution >= 4 is 23.2 Å². The molecule has 1 fully saturated rings. The highest BCUT2D eigenvalue weighted by molar-refractivity contribution is 6.30. The van der Waals surface area contributed by atoms with Crippen molar-refractivity contribution < 1.29 is 28.8 Å². The van der Waals surface area contributed by atoms with E-state index in [2.05, 4.69) is 0 Å². The van der Waals surface area contributed by atoms with Crippen molar-refractivity contribution in [3.8, 4) is 0 Å². The van der Waals surface area contributed by atoms with Gasteiger partial charge in [-0.05, 0) is 48.7 Å². The van der Waals surface area contributed by atoms with E-state index in [1.54, 1.807) is 0 Å². The van der Waals surface area contributed by atoms with Crippen molar-refractivity contribution in [1.29, 1.82) is 0 Å². The summed E-state index contributed by atoms with van der Waals surface area (Å²) in [4.78, 5) is 0. The van der Waals surface area contributed by atoms with Crippen molar-refractivity contribution in [2.45, 2.75) is 64.2 Å². The van der Waals surface area contributed by atoms with E-state index in [0.29, 0.717) is 36.5 Å².